The number of ketones is 1. The number of rotatable bonds is 7. The summed E-state index contributed by atoms with van der Waals surface area (Å²) < 4.78 is 0. The van der Waals surface area contributed by atoms with Crippen LogP contribution in [0.1, 0.15) is 39.5 Å². The Morgan fingerprint density at radius 2 is 1.60 bits per heavy atom. The minimum atomic E-state index is -0.0626. The summed E-state index contributed by atoms with van der Waals surface area (Å²) in [7, 11) is 0. The fraction of sp³-hybridized carbons (Fsp3) is 0.154. The molecule has 1 unspecified atom stereocenters. The number of H-pyrrole nitrogens is 1. The van der Waals surface area contributed by atoms with E-state index in [1.54, 1.807) is 0 Å². The summed E-state index contributed by atoms with van der Waals surface area (Å²) in [4.78, 5) is 27.3. The summed E-state index contributed by atoms with van der Waals surface area (Å²) >= 11 is 0. The molecule has 0 aliphatic rings. The van der Waals surface area contributed by atoms with Crippen LogP contribution in [-0.2, 0) is 0 Å². The predicted octanol–water partition coefficient (Wildman–Crippen LogP) is 4.79. The molecule has 4 heteroatoms. The maximum absolute atomic E-state index is 12.5. The van der Waals surface area contributed by atoms with E-state index in [0.29, 0.717) is 18.5 Å². The molecule has 3 aromatic carbocycles. The molecule has 4 rings (SSSR count). The third-order valence-corrected chi connectivity index (χ3v) is 5.32. The van der Waals surface area contributed by atoms with Crippen LogP contribution < -0.4 is 10.9 Å². The molecular weight excluding hydrogens is 372 g/mol. The lowest BCUT2D eigenvalue weighted by atomic mass is 9.96. The second-order valence-electron chi connectivity index (χ2n) is 7.47. The molecule has 0 radical (unpaired) electrons. The molecule has 0 spiro atoms. The Bertz CT molecular complexity index is 1210. The van der Waals surface area contributed by atoms with Crippen LogP contribution in [0.15, 0.2) is 89.7 Å². The third kappa shape index (κ3) is 4.39. The third-order valence-electron chi connectivity index (χ3n) is 5.32. The highest BCUT2D eigenvalue weighted by Crippen LogP contribution is 2.25. The Balaban J connectivity index is 1.59. The van der Waals surface area contributed by atoms with E-state index in [1.807, 2.05) is 73.7 Å². The first-order valence-electron chi connectivity index (χ1n) is 10.1. The normalized spacial score (nSPS) is 12.0. The van der Waals surface area contributed by atoms with Gasteiger partial charge >= 0.3 is 0 Å². The monoisotopic (exact) mass is 396 g/mol. The summed E-state index contributed by atoms with van der Waals surface area (Å²) in [6.07, 6.45) is 0.424. The smallest absolute Gasteiger partial charge is 0.251 e. The minimum absolute atomic E-state index is 0.0496. The number of Topliss-reactive ketones (excluding diaryl/α,β-unsaturated/α-hetero) is 1. The first kappa shape index (κ1) is 19.8. The van der Waals surface area contributed by atoms with Gasteiger partial charge in [-0.15, -0.1) is 0 Å². The predicted molar refractivity (Wildman–Crippen MR) is 121 cm³/mol. The highest BCUT2D eigenvalue weighted by molar-refractivity contribution is 5.96. The summed E-state index contributed by atoms with van der Waals surface area (Å²) in [6.45, 7) is 2.38. The van der Waals surface area contributed by atoms with E-state index in [4.69, 9.17) is 0 Å². The van der Waals surface area contributed by atoms with Crippen molar-refractivity contribution in [1.82, 2.24) is 10.3 Å². The number of hydrogen-bond acceptors (Lipinski definition) is 3. The zero-order chi connectivity index (χ0) is 20.9. The van der Waals surface area contributed by atoms with Gasteiger partial charge in [-0.05, 0) is 41.6 Å². The van der Waals surface area contributed by atoms with Crippen molar-refractivity contribution in [2.45, 2.75) is 19.4 Å². The fourth-order valence-corrected chi connectivity index (χ4v) is 3.69. The molecule has 4 aromatic rings. The number of benzene rings is 3. The average molecular weight is 396 g/mol. The van der Waals surface area contributed by atoms with E-state index < -0.39 is 0 Å². The van der Waals surface area contributed by atoms with Gasteiger partial charge in [0.15, 0.2) is 5.78 Å². The number of nitrogens with one attached hydrogen (secondary N) is 2. The van der Waals surface area contributed by atoms with E-state index >= 15 is 0 Å². The standard InChI is InChI=1S/C26H24N2O2/c1-18-16-22-17-21(12-13-23(22)28-26(18)30)25(20-10-6-3-7-11-20)27-15-14-24(29)19-8-4-2-5-9-19/h2-13,16-17,25,27H,14-15H2,1H3,(H,28,30). The van der Waals surface area contributed by atoms with Crippen LogP contribution in [0.25, 0.3) is 10.9 Å². The largest absolute Gasteiger partial charge is 0.322 e. The van der Waals surface area contributed by atoms with Crippen molar-refractivity contribution in [2.24, 2.45) is 0 Å². The van der Waals surface area contributed by atoms with Crippen molar-refractivity contribution in [1.29, 1.82) is 0 Å². The number of carbonyl (C=O) groups is 1. The quantitative estimate of drug-likeness (QED) is 0.442. The van der Waals surface area contributed by atoms with Crippen LogP contribution in [-0.4, -0.2) is 17.3 Å². The number of fused-ring (bicyclic) bond motifs is 1. The van der Waals surface area contributed by atoms with Crippen molar-refractivity contribution in [2.75, 3.05) is 6.54 Å². The van der Waals surface area contributed by atoms with Crippen molar-refractivity contribution in [3.8, 4) is 0 Å². The van der Waals surface area contributed by atoms with Gasteiger partial charge in [0.2, 0.25) is 0 Å². The molecule has 30 heavy (non-hydrogen) atoms. The first-order valence-corrected chi connectivity index (χ1v) is 10.1. The number of hydrogen-bond donors (Lipinski definition) is 2. The van der Waals surface area contributed by atoms with Crippen LogP contribution in [0.5, 0.6) is 0 Å². The van der Waals surface area contributed by atoms with Crippen LogP contribution in [0.2, 0.25) is 0 Å². The Morgan fingerprint density at radius 1 is 0.900 bits per heavy atom. The van der Waals surface area contributed by atoms with Gasteiger partial charge in [0.25, 0.3) is 5.56 Å². The van der Waals surface area contributed by atoms with Gasteiger partial charge in [-0.25, -0.2) is 0 Å². The number of carbonyl (C=O) groups excluding carboxylic acids is 1. The number of aromatic amines is 1. The second-order valence-corrected chi connectivity index (χ2v) is 7.47. The van der Waals surface area contributed by atoms with E-state index in [-0.39, 0.29) is 17.4 Å². The van der Waals surface area contributed by atoms with Gasteiger partial charge in [0, 0.05) is 29.6 Å². The van der Waals surface area contributed by atoms with Crippen LogP contribution >= 0.6 is 0 Å². The highest BCUT2D eigenvalue weighted by Gasteiger charge is 2.15. The van der Waals surface area contributed by atoms with E-state index in [2.05, 4.69) is 28.5 Å². The summed E-state index contributed by atoms with van der Waals surface area (Å²) in [6, 6.07) is 27.5. The lowest BCUT2D eigenvalue weighted by Gasteiger charge is -2.20. The van der Waals surface area contributed by atoms with Gasteiger partial charge in [-0.2, -0.15) is 0 Å². The molecule has 0 amide bonds. The molecule has 2 N–H and O–H groups in total. The van der Waals surface area contributed by atoms with E-state index in [0.717, 1.165) is 27.6 Å². The summed E-state index contributed by atoms with van der Waals surface area (Å²) in [5.41, 5.74) is 4.41. The van der Waals surface area contributed by atoms with Crippen molar-refractivity contribution >= 4 is 16.7 Å². The second kappa shape index (κ2) is 8.89. The molecule has 0 saturated heterocycles. The topological polar surface area (TPSA) is 62.0 Å². The summed E-state index contributed by atoms with van der Waals surface area (Å²) in [5.74, 6) is 0.127. The minimum Gasteiger partial charge on any atom is -0.322 e. The number of aromatic nitrogens is 1. The molecule has 150 valence electrons. The fourth-order valence-electron chi connectivity index (χ4n) is 3.69. The molecule has 4 nitrogen and oxygen atoms in total. The van der Waals surface area contributed by atoms with Gasteiger partial charge in [0.1, 0.15) is 0 Å². The molecule has 0 bridgehead atoms. The molecule has 0 aliphatic carbocycles. The van der Waals surface area contributed by atoms with Crippen LogP contribution in [0, 0.1) is 6.92 Å². The van der Waals surface area contributed by atoms with Gasteiger partial charge in [-0.1, -0.05) is 66.7 Å². The van der Waals surface area contributed by atoms with E-state index in [9.17, 15) is 9.59 Å². The molecule has 1 aromatic heterocycles. The van der Waals surface area contributed by atoms with Crippen molar-refractivity contribution in [3.63, 3.8) is 0 Å². The van der Waals surface area contributed by atoms with Crippen LogP contribution in [0.3, 0.4) is 0 Å². The molecule has 1 heterocycles. The Kier molecular flexibility index (Phi) is 5.87. The zero-order valence-corrected chi connectivity index (χ0v) is 16.9. The Hall–Kier alpha value is -3.50. The Morgan fingerprint density at radius 3 is 2.33 bits per heavy atom. The van der Waals surface area contributed by atoms with Crippen LogP contribution in [0.4, 0.5) is 0 Å². The molecule has 1 atom stereocenters. The maximum Gasteiger partial charge on any atom is 0.251 e. The van der Waals surface area contributed by atoms with E-state index in [1.165, 1.54) is 0 Å². The SMILES string of the molecule is Cc1cc2cc(C(NCCC(=O)c3ccccc3)c3ccccc3)ccc2[nH]c1=O. The van der Waals surface area contributed by atoms with Crippen molar-refractivity contribution in [3.05, 3.63) is 118 Å². The lowest BCUT2D eigenvalue weighted by molar-refractivity contribution is 0.0982. The first-order chi connectivity index (χ1) is 14.6. The van der Waals surface area contributed by atoms with Crippen molar-refractivity contribution < 1.29 is 4.79 Å². The van der Waals surface area contributed by atoms with Gasteiger partial charge in [-0.3, -0.25) is 9.59 Å². The molecule has 0 saturated carbocycles. The highest BCUT2D eigenvalue weighted by atomic mass is 16.1. The van der Waals surface area contributed by atoms with Gasteiger partial charge < -0.3 is 10.3 Å². The lowest BCUT2D eigenvalue weighted by Crippen LogP contribution is -2.25. The summed E-state index contributed by atoms with van der Waals surface area (Å²) in [5, 5.41) is 4.54. The molecule has 0 aliphatic heterocycles. The zero-order valence-electron chi connectivity index (χ0n) is 16.9. The molecular formula is C26H24N2O2. The van der Waals surface area contributed by atoms with Gasteiger partial charge in [0.05, 0.1) is 6.04 Å². The number of aryl methyl sites for hydroxylation is 1. The Labute approximate surface area is 175 Å². The average Bonchev–Trinajstić information content (AvgIpc) is 2.78. The molecule has 0 fully saturated rings. The maximum atomic E-state index is 12.5. The number of pyridine rings is 1.